The Morgan fingerprint density at radius 1 is 1.37 bits per heavy atom. The summed E-state index contributed by atoms with van der Waals surface area (Å²) in [5.74, 6) is 0.0841. The van der Waals surface area contributed by atoms with Crippen LogP contribution in [-0.2, 0) is 4.79 Å². The smallest absolute Gasteiger partial charge is 0.229 e. The predicted octanol–water partition coefficient (Wildman–Crippen LogP) is 2.36. The topological polar surface area (TPSA) is 54.9 Å². The molecule has 0 bridgehead atoms. The monoisotopic (exact) mass is 257 g/mol. The summed E-state index contributed by atoms with van der Waals surface area (Å²) in [4.78, 5) is 19.8. The highest BCUT2D eigenvalue weighted by molar-refractivity contribution is 5.94. The first kappa shape index (κ1) is 11.8. The van der Waals surface area contributed by atoms with Crippen LogP contribution in [-0.4, -0.2) is 15.9 Å². The Hall–Kier alpha value is -2.30. The van der Waals surface area contributed by atoms with E-state index in [4.69, 9.17) is 0 Å². The van der Waals surface area contributed by atoms with Gasteiger partial charge in [-0.15, -0.1) is 0 Å². The summed E-state index contributed by atoms with van der Waals surface area (Å²) >= 11 is 0. The van der Waals surface area contributed by atoms with Gasteiger partial charge in [0.2, 0.25) is 5.91 Å². The van der Waals surface area contributed by atoms with E-state index in [1.54, 1.807) is 12.3 Å². The van der Waals surface area contributed by atoms with Crippen LogP contribution in [0.1, 0.15) is 17.9 Å². The van der Waals surface area contributed by atoms with E-state index >= 15 is 0 Å². The quantitative estimate of drug-likeness (QED) is 0.918. The van der Waals surface area contributed by atoms with E-state index < -0.39 is 0 Å². The average Bonchev–Trinajstić information content (AvgIpc) is 3.20. The van der Waals surface area contributed by atoms with Crippen molar-refractivity contribution in [2.75, 3.05) is 5.32 Å². The van der Waals surface area contributed by atoms with Gasteiger partial charge >= 0.3 is 0 Å². The van der Waals surface area contributed by atoms with Crippen LogP contribution in [0.3, 0.4) is 0 Å². The lowest BCUT2D eigenvalue weighted by Gasteiger charge is -2.03. The highest BCUT2D eigenvalue weighted by Crippen LogP contribution is 2.47. The first-order valence-corrected chi connectivity index (χ1v) is 6.06. The summed E-state index contributed by atoms with van der Waals surface area (Å²) in [6, 6.07) is 6.41. The number of benzene rings is 1. The molecule has 0 saturated heterocycles. The molecule has 4 nitrogen and oxygen atoms in total. The minimum atomic E-state index is -0.266. The molecule has 1 N–H and O–H groups in total. The fraction of sp³-hybridized carbons (Fsp3) is 0.214. The molecular formula is C14H12FN3O. The standard InChI is InChI=1S/C14H12FN3O/c15-10-3-1-2-9(6-10)11-7-12(11)14(19)18-13-8-16-4-5-17-13/h1-6,8,11-12H,7H2,(H,17,18,19)/t11-,12+/m0/s1. The number of amides is 1. The molecule has 96 valence electrons. The van der Waals surface area contributed by atoms with Crippen molar-refractivity contribution in [1.29, 1.82) is 0 Å². The molecule has 1 aromatic heterocycles. The Labute approximate surface area is 109 Å². The van der Waals surface area contributed by atoms with Crippen molar-refractivity contribution < 1.29 is 9.18 Å². The predicted molar refractivity (Wildman–Crippen MR) is 67.9 cm³/mol. The van der Waals surface area contributed by atoms with Crippen LogP contribution in [0.15, 0.2) is 42.9 Å². The molecule has 1 aliphatic rings. The van der Waals surface area contributed by atoms with Crippen molar-refractivity contribution in [2.45, 2.75) is 12.3 Å². The summed E-state index contributed by atoms with van der Waals surface area (Å²) < 4.78 is 13.1. The van der Waals surface area contributed by atoms with E-state index in [1.807, 2.05) is 6.07 Å². The lowest BCUT2D eigenvalue weighted by molar-refractivity contribution is -0.117. The van der Waals surface area contributed by atoms with Gasteiger partial charge in [0.25, 0.3) is 0 Å². The summed E-state index contributed by atoms with van der Waals surface area (Å²) in [5, 5.41) is 2.71. The van der Waals surface area contributed by atoms with E-state index in [-0.39, 0.29) is 23.6 Å². The van der Waals surface area contributed by atoms with Crippen LogP contribution < -0.4 is 5.32 Å². The normalized spacial score (nSPS) is 20.9. The third-order valence-corrected chi connectivity index (χ3v) is 3.22. The van der Waals surface area contributed by atoms with Crippen molar-refractivity contribution in [3.8, 4) is 0 Å². The minimum absolute atomic E-state index is 0.0882. The van der Waals surface area contributed by atoms with E-state index in [0.29, 0.717) is 5.82 Å². The largest absolute Gasteiger partial charge is 0.309 e. The molecule has 0 aliphatic heterocycles. The molecule has 1 fully saturated rings. The maximum absolute atomic E-state index is 13.1. The molecule has 1 heterocycles. The number of aromatic nitrogens is 2. The number of halogens is 1. The molecule has 2 atom stereocenters. The van der Waals surface area contributed by atoms with Crippen LogP contribution in [0, 0.1) is 11.7 Å². The Bertz CT molecular complexity index is 603. The number of anilines is 1. The lowest BCUT2D eigenvalue weighted by Crippen LogP contribution is -2.15. The van der Waals surface area contributed by atoms with Gasteiger partial charge in [-0.3, -0.25) is 9.78 Å². The second-order valence-corrected chi connectivity index (χ2v) is 4.58. The zero-order valence-electron chi connectivity index (χ0n) is 10.1. The van der Waals surface area contributed by atoms with Crippen LogP contribution in [0.4, 0.5) is 10.2 Å². The van der Waals surface area contributed by atoms with Crippen molar-refractivity contribution >= 4 is 11.7 Å². The van der Waals surface area contributed by atoms with E-state index in [2.05, 4.69) is 15.3 Å². The van der Waals surface area contributed by atoms with Crippen molar-refractivity contribution in [3.63, 3.8) is 0 Å². The zero-order valence-corrected chi connectivity index (χ0v) is 10.1. The fourth-order valence-corrected chi connectivity index (χ4v) is 2.17. The molecule has 0 unspecified atom stereocenters. The Kier molecular flexibility index (Phi) is 2.95. The van der Waals surface area contributed by atoms with Gasteiger partial charge in [0.05, 0.1) is 6.20 Å². The van der Waals surface area contributed by atoms with Gasteiger partial charge in [-0.05, 0) is 30.0 Å². The third-order valence-electron chi connectivity index (χ3n) is 3.22. The van der Waals surface area contributed by atoms with E-state index in [0.717, 1.165) is 12.0 Å². The molecule has 19 heavy (non-hydrogen) atoms. The van der Waals surface area contributed by atoms with Crippen molar-refractivity contribution in [2.24, 2.45) is 5.92 Å². The summed E-state index contributed by atoms with van der Waals surface area (Å²) in [6.07, 6.45) is 5.31. The van der Waals surface area contributed by atoms with Crippen LogP contribution >= 0.6 is 0 Å². The second-order valence-electron chi connectivity index (χ2n) is 4.58. The number of rotatable bonds is 3. The fourth-order valence-electron chi connectivity index (χ4n) is 2.17. The third kappa shape index (κ3) is 2.59. The van der Waals surface area contributed by atoms with Crippen molar-refractivity contribution in [3.05, 3.63) is 54.2 Å². The number of nitrogens with zero attached hydrogens (tertiary/aromatic N) is 2. The molecule has 1 amide bonds. The Balaban J connectivity index is 1.65. The first-order valence-electron chi connectivity index (χ1n) is 6.06. The molecule has 0 radical (unpaired) electrons. The highest BCUT2D eigenvalue weighted by atomic mass is 19.1. The molecule has 3 rings (SSSR count). The van der Waals surface area contributed by atoms with Crippen LogP contribution in [0.5, 0.6) is 0 Å². The maximum Gasteiger partial charge on any atom is 0.229 e. The van der Waals surface area contributed by atoms with E-state index in [9.17, 15) is 9.18 Å². The van der Waals surface area contributed by atoms with E-state index in [1.165, 1.54) is 24.5 Å². The SMILES string of the molecule is O=C(Nc1cnccn1)[C@@H]1C[C@H]1c1cccc(F)c1. The van der Waals surface area contributed by atoms with Gasteiger partial charge in [0.1, 0.15) is 5.82 Å². The van der Waals surface area contributed by atoms with Gasteiger partial charge in [0, 0.05) is 18.3 Å². The second kappa shape index (κ2) is 4.76. The first-order chi connectivity index (χ1) is 9.24. The van der Waals surface area contributed by atoms with Gasteiger partial charge < -0.3 is 5.32 Å². The maximum atomic E-state index is 13.1. The summed E-state index contributed by atoms with van der Waals surface area (Å²) in [6.45, 7) is 0. The number of hydrogen-bond donors (Lipinski definition) is 1. The number of carbonyl (C=O) groups is 1. The Morgan fingerprint density at radius 2 is 2.26 bits per heavy atom. The molecule has 1 aromatic carbocycles. The lowest BCUT2D eigenvalue weighted by atomic mass is 10.1. The Morgan fingerprint density at radius 3 is 3.00 bits per heavy atom. The van der Waals surface area contributed by atoms with Gasteiger partial charge in [-0.1, -0.05) is 12.1 Å². The number of carbonyl (C=O) groups excluding carboxylic acids is 1. The molecular weight excluding hydrogens is 245 g/mol. The average molecular weight is 257 g/mol. The van der Waals surface area contributed by atoms with Gasteiger partial charge in [0.15, 0.2) is 5.82 Å². The molecule has 5 heteroatoms. The highest BCUT2D eigenvalue weighted by Gasteiger charge is 2.44. The van der Waals surface area contributed by atoms with Crippen LogP contribution in [0.2, 0.25) is 0 Å². The van der Waals surface area contributed by atoms with Crippen molar-refractivity contribution in [1.82, 2.24) is 9.97 Å². The summed E-state index contributed by atoms with van der Waals surface area (Å²) in [7, 11) is 0. The molecule has 2 aromatic rings. The van der Waals surface area contributed by atoms with Gasteiger partial charge in [-0.2, -0.15) is 0 Å². The summed E-state index contributed by atoms with van der Waals surface area (Å²) in [5.41, 5.74) is 0.874. The molecule has 1 aliphatic carbocycles. The van der Waals surface area contributed by atoms with Gasteiger partial charge in [-0.25, -0.2) is 9.37 Å². The molecule has 1 saturated carbocycles. The molecule has 0 spiro atoms. The number of nitrogens with one attached hydrogen (secondary N) is 1. The minimum Gasteiger partial charge on any atom is -0.309 e. The zero-order chi connectivity index (χ0) is 13.2. The van der Waals surface area contributed by atoms with Crippen LogP contribution in [0.25, 0.3) is 0 Å². The number of hydrogen-bond acceptors (Lipinski definition) is 3.